The second-order valence-electron chi connectivity index (χ2n) is 6.00. The Bertz CT molecular complexity index is 916. The van der Waals surface area contributed by atoms with Crippen LogP contribution in [-0.4, -0.2) is 26.8 Å². The summed E-state index contributed by atoms with van der Waals surface area (Å²) < 4.78 is 8.10. The first kappa shape index (κ1) is 19.4. The van der Waals surface area contributed by atoms with Gasteiger partial charge < -0.3 is 10.1 Å². The van der Waals surface area contributed by atoms with E-state index in [1.165, 1.54) is 6.33 Å². The lowest BCUT2D eigenvalue weighted by molar-refractivity contribution is -0.127. The minimum atomic E-state index is -0.653. The zero-order chi connectivity index (χ0) is 19.4. The molecule has 1 N–H and O–H groups in total. The summed E-state index contributed by atoms with van der Waals surface area (Å²) in [6.07, 6.45) is 2.46. The fraction of sp³-hybridized carbons (Fsp3) is 0.211. The van der Waals surface area contributed by atoms with Crippen molar-refractivity contribution in [3.8, 4) is 11.4 Å². The van der Waals surface area contributed by atoms with Crippen LogP contribution in [0.15, 0.2) is 59.6 Å². The van der Waals surface area contributed by atoms with Crippen LogP contribution in [0.4, 0.5) is 0 Å². The molecule has 0 aliphatic carbocycles. The molecule has 8 heteroatoms. The molecule has 3 rings (SSSR count). The number of hydrogen-bond donors (Lipinski definition) is 1. The molecule has 0 saturated carbocycles. The number of rotatable bonds is 6. The standard InChI is InChI=1S/C19H18BrClN4O2/c1-12(14-3-6-16(7-4-14)25-11-22-10-23-25)24-19(26)13(2)27-18-8-5-15(21)9-17(18)20/h3-13H,1-2H3,(H,24,26)/t12-,13-/m0/s1. The molecule has 2 aromatic carbocycles. The summed E-state index contributed by atoms with van der Waals surface area (Å²) in [4.78, 5) is 16.4. The van der Waals surface area contributed by atoms with Gasteiger partial charge >= 0.3 is 0 Å². The number of halogens is 2. The molecule has 0 radical (unpaired) electrons. The molecule has 0 aliphatic rings. The molecule has 2 atom stereocenters. The van der Waals surface area contributed by atoms with Crippen LogP contribution in [0.25, 0.3) is 5.69 Å². The summed E-state index contributed by atoms with van der Waals surface area (Å²) in [5.74, 6) is 0.358. The summed E-state index contributed by atoms with van der Waals surface area (Å²) in [6.45, 7) is 3.63. The van der Waals surface area contributed by atoms with E-state index in [-0.39, 0.29) is 11.9 Å². The first-order chi connectivity index (χ1) is 12.9. The third kappa shape index (κ3) is 4.87. The van der Waals surface area contributed by atoms with E-state index < -0.39 is 6.10 Å². The Morgan fingerprint density at radius 2 is 1.96 bits per heavy atom. The van der Waals surface area contributed by atoms with Crippen molar-refractivity contribution < 1.29 is 9.53 Å². The molecule has 1 heterocycles. The Morgan fingerprint density at radius 1 is 1.22 bits per heavy atom. The Balaban J connectivity index is 1.61. The molecule has 0 aliphatic heterocycles. The highest BCUT2D eigenvalue weighted by molar-refractivity contribution is 9.10. The molecule has 3 aromatic rings. The number of hydrogen-bond acceptors (Lipinski definition) is 4. The Labute approximate surface area is 170 Å². The predicted octanol–water partition coefficient (Wildman–Crippen LogP) is 4.33. The van der Waals surface area contributed by atoms with Gasteiger partial charge in [-0.3, -0.25) is 4.79 Å². The van der Waals surface area contributed by atoms with Crippen LogP contribution in [0.2, 0.25) is 5.02 Å². The third-order valence-electron chi connectivity index (χ3n) is 4.00. The number of benzene rings is 2. The molecule has 0 bridgehead atoms. The lowest BCUT2D eigenvalue weighted by Crippen LogP contribution is -2.37. The van der Waals surface area contributed by atoms with Crippen LogP contribution in [-0.2, 0) is 4.79 Å². The van der Waals surface area contributed by atoms with Crippen LogP contribution in [0.5, 0.6) is 5.75 Å². The van der Waals surface area contributed by atoms with E-state index in [1.54, 1.807) is 36.1 Å². The van der Waals surface area contributed by atoms with Crippen LogP contribution < -0.4 is 10.1 Å². The quantitative estimate of drug-likeness (QED) is 0.608. The molecule has 0 saturated heterocycles. The fourth-order valence-corrected chi connectivity index (χ4v) is 3.26. The Morgan fingerprint density at radius 3 is 2.59 bits per heavy atom. The van der Waals surface area contributed by atoms with Gasteiger partial charge in [-0.2, -0.15) is 5.10 Å². The largest absolute Gasteiger partial charge is 0.480 e. The molecular weight excluding hydrogens is 432 g/mol. The lowest BCUT2D eigenvalue weighted by atomic mass is 10.1. The van der Waals surface area contributed by atoms with Gasteiger partial charge in [0.05, 0.1) is 16.2 Å². The molecule has 1 aromatic heterocycles. The first-order valence-electron chi connectivity index (χ1n) is 8.31. The van der Waals surface area contributed by atoms with E-state index in [9.17, 15) is 4.79 Å². The van der Waals surface area contributed by atoms with E-state index >= 15 is 0 Å². The Hall–Kier alpha value is -2.38. The highest BCUT2D eigenvalue weighted by atomic mass is 79.9. The van der Waals surface area contributed by atoms with Crippen LogP contribution in [0, 0.1) is 0 Å². The number of carbonyl (C=O) groups excluding carboxylic acids is 1. The second-order valence-corrected chi connectivity index (χ2v) is 7.29. The van der Waals surface area contributed by atoms with Gasteiger partial charge in [-0.05, 0) is 65.7 Å². The number of ether oxygens (including phenoxy) is 1. The summed E-state index contributed by atoms with van der Waals surface area (Å²) in [7, 11) is 0. The molecule has 27 heavy (non-hydrogen) atoms. The highest BCUT2D eigenvalue weighted by Gasteiger charge is 2.19. The van der Waals surface area contributed by atoms with Gasteiger partial charge in [-0.15, -0.1) is 0 Å². The van der Waals surface area contributed by atoms with Crippen molar-refractivity contribution in [2.75, 3.05) is 0 Å². The van der Waals surface area contributed by atoms with Crippen molar-refractivity contribution in [2.45, 2.75) is 26.0 Å². The van der Waals surface area contributed by atoms with Crippen LogP contribution in [0.1, 0.15) is 25.5 Å². The summed E-state index contributed by atoms with van der Waals surface area (Å²) in [5, 5.41) is 7.65. The van der Waals surface area contributed by atoms with Gasteiger partial charge in [-0.25, -0.2) is 9.67 Å². The van der Waals surface area contributed by atoms with E-state index in [1.807, 2.05) is 31.2 Å². The van der Waals surface area contributed by atoms with Gasteiger partial charge in [0.25, 0.3) is 5.91 Å². The number of aromatic nitrogens is 3. The summed E-state index contributed by atoms with van der Waals surface area (Å²) >= 11 is 9.31. The highest BCUT2D eigenvalue weighted by Crippen LogP contribution is 2.28. The van der Waals surface area contributed by atoms with Gasteiger partial charge in [0.2, 0.25) is 0 Å². The van der Waals surface area contributed by atoms with Gasteiger partial charge in [0, 0.05) is 5.02 Å². The average Bonchev–Trinajstić information content (AvgIpc) is 3.18. The van der Waals surface area contributed by atoms with Gasteiger partial charge in [0.15, 0.2) is 6.10 Å². The molecule has 6 nitrogen and oxygen atoms in total. The fourth-order valence-electron chi connectivity index (χ4n) is 2.49. The van der Waals surface area contributed by atoms with Gasteiger partial charge in [-0.1, -0.05) is 23.7 Å². The lowest BCUT2D eigenvalue weighted by Gasteiger charge is -2.20. The van der Waals surface area contributed by atoms with Crippen molar-refractivity contribution in [3.63, 3.8) is 0 Å². The molecule has 1 amide bonds. The van der Waals surface area contributed by atoms with E-state index in [0.29, 0.717) is 15.2 Å². The normalized spacial score (nSPS) is 13.0. The van der Waals surface area contributed by atoms with Crippen molar-refractivity contribution in [2.24, 2.45) is 0 Å². The van der Waals surface area contributed by atoms with E-state index in [0.717, 1.165) is 11.3 Å². The minimum absolute atomic E-state index is 0.165. The zero-order valence-corrected chi connectivity index (χ0v) is 17.1. The SMILES string of the molecule is C[C@H](Oc1ccc(Cl)cc1Br)C(=O)N[C@@H](C)c1ccc(-n2cncn2)cc1. The number of carbonyl (C=O) groups is 1. The molecular formula is C19H18BrClN4O2. The Kier molecular flexibility index (Phi) is 6.13. The maximum absolute atomic E-state index is 12.5. The first-order valence-corrected chi connectivity index (χ1v) is 9.48. The third-order valence-corrected chi connectivity index (χ3v) is 4.86. The van der Waals surface area contributed by atoms with Crippen molar-refractivity contribution in [1.82, 2.24) is 20.1 Å². The summed E-state index contributed by atoms with van der Waals surface area (Å²) in [6, 6.07) is 12.7. The van der Waals surface area contributed by atoms with Crippen molar-refractivity contribution >= 4 is 33.4 Å². The van der Waals surface area contributed by atoms with Crippen LogP contribution in [0.3, 0.4) is 0 Å². The number of nitrogens with one attached hydrogen (secondary N) is 1. The van der Waals surface area contributed by atoms with Crippen molar-refractivity contribution in [1.29, 1.82) is 0 Å². The van der Waals surface area contributed by atoms with E-state index in [4.69, 9.17) is 16.3 Å². The number of nitrogens with zero attached hydrogens (tertiary/aromatic N) is 3. The average molecular weight is 450 g/mol. The van der Waals surface area contributed by atoms with Crippen molar-refractivity contribution in [3.05, 3.63) is 70.2 Å². The monoisotopic (exact) mass is 448 g/mol. The smallest absolute Gasteiger partial charge is 0.261 e. The minimum Gasteiger partial charge on any atom is -0.480 e. The van der Waals surface area contributed by atoms with E-state index in [2.05, 4.69) is 31.3 Å². The number of amides is 1. The molecule has 0 spiro atoms. The second kappa shape index (κ2) is 8.54. The molecule has 0 unspecified atom stereocenters. The maximum atomic E-state index is 12.5. The zero-order valence-electron chi connectivity index (χ0n) is 14.8. The topological polar surface area (TPSA) is 69.0 Å². The maximum Gasteiger partial charge on any atom is 0.261 e. The van der Waals surface area contributed by atoms with Gasteiger partial charge in [0.1, 0.15) is 18.4 Å². The predicted molar refractivity (Wildman–Crippen MR) is 107 cm³/mol. The molecule has 140 valence electrons. The summed E-state index contributed by atoms with van der Waals surface area (Å²) in [5.41, 5.74) is 1.88. The molecule has 0 fully saturated rings. The van der Waals surface area contributed by atoms with Crippen LogP contribution >= 0.6 is 27.5 Å².